The molecule has 0 aromatic heterocycles. The molecule has 114 valence electrons. The summed E-state index contributed by atoms with van der Waals surface area (Å²) in [4.78, 5) is 24.5. The van der Waals surface area contributed by atoms with E-state index in [2.05, 4.69) is 10.6 Å². The van der Waals surface area contributed by atoms with Crippen LogP contribution in [0.25, 0.3) is 0 Å². The fourth-order valence-corrected chi connectivity index (χ4v) is 2.32. The predicted octanol–water partition coefficient (Wildman–Crippen LogP) is 0.926. The molecule has 2 rings (SSSR count). The Morgan fingerprint density at radius 3 is 2.38 bits per heavy atom. The molecule has 1 aromatic rings. The van der Waals surface area contributed by atoms with Gasteiger partial charge in [-0.25, -0.2) is 8.78 Å². The Hall–Kier alpha value is -2.02. The lowest BCUT2D eigenvalue weighted by Gasteiger charge is -2.41. The van der Waals surface area contributed by atoms with Crippen molar-refractivity contribution in [1.29, 1.82) is 0 Å². The van der Waals surface area contributed by atoms with Gasteiger partial charge in [0, 0.05) is 6.54 Å². The van der Waals surface area contributed by atoms with Crippen LogP contribution in [0.1, 0.15) is 19.4 Å². The number of piperazine rings is 1. The van der Waals surface area contributed by atoms with Crippen LogP contribution in [-0.2, 0) is 16.1 Å². The normalized spacial score (nSPS) is 17.9. The molecule has 1 heterocycles. The molecule has 1 aliphatic heterocycles. The first-order valence-corrected chi connectivity index (χ1v) is 6.52. The first-order valence-electron chi connectivity index (χ1n) is 6.52. The summed E-state index contributed by atoms with van der Waals surface area (Å²) in [5, 5.41) is 4.97. The van der Waals surface area contributed by atoms with Crippen molar-refractivity contribution in [3.8, 4) is 0 Å². The summed E-state index contributed by atoms with van der Waals surface area (Å²) < 4.78 is 28.5. The molecular formula is C14H17F2N3O2. The third-order valence-electron chi connectivity index (χ3n) is 3.51. The van der Waals surface area contributed by atoms with Crippen molar-refractivity contribution in [2.45, 2.75) is 25.9 Å². The molecule has 0 spiro atoms. The number of rotatable bonds is 3. The molecule has 0 aliphatic carbocycles. The van der Waals surface area contributed by atoms with Crippen molar-refractivity contribution in [3.63, 3.8) is 0 Å². The lowest BCUT2D eigenvalue weighted by atomic mass is 9.97. The fraction of sp³-hybridized carbons (Fsp3) is 0.429. The third kappa shape index (κ3) is 2.73. The van der Waals surface area contributed by atoms with Gasteiger partial charge in [0.25, 0.3) is 5.91 Å². The standard InChI is InChI=1S/C14H17F2N3O2/c1-14(2)13(21)18-11(20)7-19(14)12-9(15)4-8(6-17-3)5-10(12)16/h4-5,17H,6-7H2,1-3H3,(H,18,20,21). The minimum absolute atomic E-state index is 0.280. The van der Waals surface area contributed by atoms with Crippen molar-refractivity contribution in [2.75, 3.05) is 18.5 Å². The molecule has 5 nitrogen and oxygen atoms in total. The summed E-state index contributed by atoms with van der Waals surface area (Å²) in [6.07, 6.45) is 0. The Balaban J connectivity index is 2.49. The zero-order valence-electron chi connectivity index (χ0n) is 12.1. The van der Waals surface area contributed by atoms with Crippen LogP contribution in [0.4, 0.5) is 14.5 Å². The molecule has 21 heavy (non-hydrogen) atoms. The number of hydrogen-bond donors (Lipinski definition) is 2. The summed E-state index contributed by atoms with van der Waals surface area (Å²) in [7, 11) is 1.67. The molecule has 0 radical (unpaired) electrons. The number of carbonyl (C=O) groups is 2. The highest BCUT2D eigenvalue weighted by molar-refractivity contribution is 6.06. The summed E-state index contributed by atoms with van der Waals surface area (Å²) in [6.45, 7) is 3.05. The first-order chi connectivity index (χ1) is 9.77. The Labute approximate surface area is 121 Å². The van der Waals surface area contributed by atoms with E-state index in [0.29, 0.717) is 12.1 Å². The van der Waals surface area contributed by atoms with E-state index in [1.165, 1.54) is 26.0 Å². The van der Waals surface area contributed by atoms with Gasteiger partial charge in [0.1, 0.15) is 22.9 Å². The average Bonchev–Trinajstić information content (AvgIpc) is 2.35. The highest BCUT2D eigenvalue weighted by Gasteiger charge is 2.43. The molecule has 1 saturated heterocycles. The average molecular weight is 297 g/mol. The summed E-state index contributed by atoms with van der Waals surface area (Å²) >= 11 is 0. The molecule has 1 aliphatic rings. The maximum atomic E-state index is 14.3. The van der Waals surface area contributed by atoms with Crippen LogP contribution in [0, 0.1) is 11.6 Å². The molecule has 2 amide bonds. The fourth-order valence-electron chi connectivity index (χ4n) is 2.32. The van der Waals surface area contributed by atoms with Crippen LogP contribution in [0.2, 0.25) is 0 Å². The van der Waals surface area contributed by atoms with Gasteiger partial charge in [0.15, 0.2) is 0 Å². The second-order valence-corrected chi connectivity index (χ2v) is 5.46. The monoisotopic (exact) mass is 297 g/mol. The summed E-state index contributed by atoms with van der Waals surface area (Å²) in [5.41, 5.74) is -1.13. The topological polar surface area (TPSA) is 61.4 Å². The maximum absolute atomic E-state index is 14.3. The van der Waals surface area contributed by atoms with Gasteiger partial charge < -0.3 is 10.2 Å². The molecule has 0 bridgehead atoms. The van der Waals surface area contributed by atoms with Crippen molar-refractivity contribution < 1.29 is 18.4 Å². The summed E-state index contributed by atoms with van der Waals surface area (Å²) in [5.74, 6) is -2.76. The van der Waals surface area contributed by atoms with E-state index in [1.807, 2.05) is 0 Å². The van der Waals surface area contributed by atoms with Gasteiger partial charge in [-0.2, -0.15) is 0 Å². The number of hydrogen-bond acceptors (Lipinski definition) is 4. The zero-order valence-corrected chi connectivity index (χ0v) is 12.1. The molecule has 0 saturated carbocycles. The second-order valence-electron chi connectivity index (χ2n) is 5.46. The molecule has 1 aromatic carbocycles. The molecular weight excluding hydrogens is 280 g/mol. The Morgan fingerprint density at radius 2 is 1.86 bits per heavy atom. The minimum atomic E-state index is -1.22. The van der Waals surface area contributed by atoms with Crippen LogP contribution in [0.15, 0.2) is 12.1 Å². The van der Waals surface area contributed by atoms with Crippen LogP contribution < -0.4 is 15.5 Å². The number of halogens is 2. The SMILES string of the molecule is CNCc1cc(F)c(N2CC(=O)NC(=O)C2(C)C)c(F)c1. The van der Waals surface area contributed by atoms with E-state index in [9.17, 15) is 18.4 Å². The quantitative estimate of drug-likeness (QED) is 0.815. The van der Waals surface area contributed by atoms with Gasteiger partial charge in [-0.1, -0.05) is 0 Å². The van der Waals surface area contributed by atoms with Crippen molar-refractivity contribution in [2.24, 2.45) is 0 Å². The van der Waals surface area contributed by atoms with E-state index in [-0.39, 0.29) is 12.2 Å². The first kappa shape index (κ1) is 15.4. The number of nitrogens with zero attached hydrogens (tertiary/aromatic N) is 1. The van der Waals surface area contributed by atoms with Crippen LogP contribution in [0.5, 0.6) is 0 Å². The molecule has 0 unspecified atom stereocenters. The summed E-state index contributed by atoms with van der Waals surface area (Å²) in [6, 6.07) is 2.39. The minimum Gasteiger partial charge on any atom is -0.343 e. The van der Waals surface area contributed by atoms with Crippen molar-refractivity contribution in [3.05, 3.63) is 29.3 Å². The van der Waals surface area contributed by atoms with Crippen LogP contribution >= 0.6 is 0 Å². The van der Waals surface area contributed by atoms with Gasteiger partial charge >= 0.3 is 0 Å². The number of anilines is 1. The van der Waals surface area contributed by atoms with E-state index in [0.717, 1.165) is 4.90 Å². The largest absolute Gasteiger partial charge is 0.343 e. The van der Waals surface area contributed by atoms with Crippen LogP contribution in [0.3, 0.4) is 0 Å². The van der Waals surface area contributed by atoms with Gasteiger partial charge in [0.2, 0.25) is 5.91 Å². The molecule has 2 N–H and O–H groups in total. The highest BCUT2D eigenvalue weighted by atomic mass is 19.1. The number of amides is 2. The van der Waals surface area contributed by atoms with Crippen LogP contribution in [-0.4, -0.2) is 30.9 Å². The van der Waals surface area contributed by atoms with Gasteiger partial charge in [-0.3, -0.25) is 14.9 Å². The Morgan fingerprint density at radius 1 is 1.29 bits per heavy atom. The van der Waals surface area contributed by atoms with Crippen molar-refractivity contribution >= 4 is 17.5 Å². The zero-order chi connectivity index (χ0) is 15.8. The maximum Gasteiger partial charge on any atom is 0.251 e. The lowest BCUT2D eigenvalue weighted by Crippen LogP contribution is -2.64. The van der Waals surface area contributed by atoms with E-state index < -0.39 is 29.0 Å². The van der Waals surface area contributed by atoms with Gasteiger partial charge in [-0.05, 0) is 38.6 Å². The number of carbonyl (C=O) groups excluding carboxylic acids is 2. The molecule has 7 heteroatoms. The predicted molar refractivity (Wildman–Crippen MR) is 73.7 cm³/mol. The van der Waals surface area contributed by atoms with Crippen molar-refractivity contribution in [1.82, 2.24) is 10.6 Å². The smallest absolute Gasteiger partial charge is 0.251 e. The van der Waals surface area contributed by atoms with E-state index >= 15 is 0 Å². The lowest BCUT2D eigenvalue weighted by molar-refractivity contribution is -0.135. The molecule has 1 fully saturated rings. The number of benzene rings is 1. The van der Waals surface area contributed by atoms with Gasteiger partial charge in [0.05, 0.1) is 6.54 Å². The Kier molecular flexibility index (Phi) is 3.95. The number of nitrogens with one attached hydrogen (secondary N) is 2. The molecule has 0 atom stereocenters. The third-order valence-corrected chi connectivity index (χ3v) is 3.51. The van der Waals surface area contributed by atoms with E-state index in [4.69, 9.17) is 0 Å². The number of imide groups is 1. The second kappa shape index (κ2) is 5.40. The van der Waals surface area contributed by atoms with Gasteiger partial charge in [-0.15, -0.1) is 0 Å². The highest BCUT2D eigenvalue weighted by Crippen LogP contribution is 2.32. The Bertz CT molecular complexity index is 579. The van der Waals surface area contributed by atoms with E-state index in [1.54, 1.807) is 7.05 Å².